The Balaban J connectivity index is 1.69. The Morgan fingerprint density at radius 1 is 1.29 bits per heavy atom. The van der Waals surface area contributed by atoms with Gasteiger partial charge in [-0.25, -0.2) is 4.39 Å². The number of amides is 2. The topological polar surface area (TPSA) is 67.4 Å². The summed E-state index contributed by atoms with van der Waals surface area (Å²) in [6.45, 7) is 1.66. The first kappa shape index (κ1) is 15.7. The van der Waals surface area contributed by atoms with Gasteiger partial charge in [0.25, 0.3) is 5.91 Å². The van der Waals surface area contributed by atoms with E-state index in [-0.39, 0.29) is 17.6 Å². The molecule has 2 aromatic carbocycles. The number of nitrogens with one attached hydrogen (secondary N) is 2. The summed E-state index contributed by atoms with van der Waals surface area (Å²) in [7, 11) is 0. The fourth-order valence-corrected chi connectivity index (χ4v) is 2.25. The number of fused-ring (bicyclic) bond motifs is 1. The molecule has 24 heavy (non-hydrogen) atoms. The lowest BCUT2D eigenvalue weighted by Gasteiger charge is -2.23. The van der Waals surface area contributed by atoms with E-state index in [1.54, 1.807) is 37.3 Å². The van der Waals surface area contributed by atoms with Crippen LogP contribution in [0.1, 0.15) is 12.5 Å². The minimum absolute atomic E-state index is 0.239. The number of rotatable bonds is 3. The summed E-state index contributed by atoms with van der Waals surface area (Å²) in [5.41, 5.74) is 1.61. The molecular formula is C18H15FN2O3. The lowest BCUT2D eigenvalue weighted by Crippen LogP contribution is -2.34. The Kier molecular flexibility index (Phi) is 4.29. The average molecular weight is 326 g/mol. The molecule has 1 aliphatic rings. The minimum Gasteiger partial charge on any atom is -0.479 e. The molecule has 1 unspecified atom stereocenters. The van der Waals surface area contributed by atoms with Crippen LogP contribution in [-0.2, 0) is 9.59 Å². The third-order valence-electron chi connectivity index (χ3n) is 3.45. The highest BCUT2D eigenvalue weighted by atomic mass is 19.1. The maximum absolute atomic E-state index is 13.1. The molecule has 1 heterocycles. The van der Waals surface area contributed by atoms with Gasteiger partial charge in [0.2, 0.25) is 5.91 Å². The van der Waals surface area contributed by atoms with Crippen molar-refractivity contribution < 1.29 is 18.7 Å². The molecule has 0 spiro atoms. The molecule has 0 aliphatic carbocycles. The molecule has 2 amide bonds. The van der Waals surface area contributed by atoms with Crippen LogP contribution in [0.4, 0.5) is 15.8 Å². The highest BCUT2D eigenvalue weighted by Gasteiger charge is 2.23. The number of carbonyl (C=O) groups excluding carboxylic acids is 2. The van der Waals surface area contributed by atoms with Gasteiger partial charge in [0.15, 0.2) is 6.10 Å². The first-order valence-corrected chi connectivity index (χ1v) is 7.37. The Labute approximate surface area is 138 Å². The van der Waals surface area contributed by atoms with E-state index in [1.807, 2.05) is 0 Å². The largest absolute Gasteiger partial charge is 0.479 e. The number of carbonyl (C=O) groups is 2. The van der Waals surface area contributed by atoms with Gasteiger partial charge in [0.05, 0.1) is 5.69 Å². The van der Waals surface area contributed by atoms with Gasteiger partial charge >= 0.3 is 0 Å². The number of benzene rings is 2. The smallest absolute Gasteiger partial charge is 0.265 e. The molecule has 0 fully saturated rings. The van der Waals surface area contributed by atoms with Crippen LogP contribution in [-0.4, -0.2) is 17.9 Å². The van der Waals surface area contributed by atoms with E-state index in [0.29, 0.717) is 22.7 Å². The second-order valence-corrected chi connectivity index (χ2v) is 5.34. The van der Waals surface area contributed by atoms with Gasteiger partial charge < -0.3 is 15.4 Å². The Morgan fingerprint density at radius 2 is 2.12 bits per heavy atom. The number of hydrogen-bond acceptors (Lipinski definition) is 3. The Bertz CT molecular complexity index is 833. The van der Waals surface area contributed by atoms with Crippen LogP contribution >= 0.6 is 0 Å². The molecule has 2 aromatic rings. The van der Waals surface area contributed by atoms with Crippen molar-refractivity contribution in [1.29, 1.82) is 0 Å². The Morgan fingerprint density at radius 3 is 2.92 bits per heavy atom. The van der Waals surface area contributed by atoms with E-state index in [0.717, 1.165) is 0 Å². The quantitative estimate of drug-likeness (QED) is 0.851. The summed E-state index contributed by atoms with van der Waals surface area (Å²) in [6, 6.07) is 10.9. The van der Waals surface area contributed by atoms with E-state index in [1.165, 1.54) is 24.3 Å². The lowest BCUT2D eigenvalue weighted by atomic mass is 10.2. The van der Waals surface area contributed by atoms with Crippen LogP contribution in [0.2, 0.25) is 0 Å². The zero-order valence-electron chi connectivity index (χ0n) is 12.9. The van der Waals surface area contributed by atoms with Crippen molar-refractivity contribution in [3.05, 3.63) is 59.9 Å². The summed E-state index contributed by atoms with van der Waals surface area (Å²) in [5, 5.41) is 5.39. The normalized spacial score (nSPS) is 16.2. The molecule has 3 rings (SSSR count). The summed E-state index contributed by atoms with van der Waals surface area (Å²) in [5.74, 6) is -0.416. The third-order valence-corrected chi connectivity index (χ3v) is 3.45. The fourth-order valence-electron chi connectivity index (χ4n) is 2.25. The van der Waals surface area contributed by atoms with Gasteiger partial charge in [-0.05, 0) is 48.9 Å². The SMILES string of the molecule is CC1Oc2ccc(NC(=O)C=Cc3cccc(F)c3)cc2NC1=O. The minimum atomic E-state index is -0.549. The highest BCUT2D eigenvalue weighted by molar-refractivity contribution is 6.03. The van der Waals surface area contributed by atoms with Crippen molar-refractivity contribution in [2.24, 2.45) is 0 Å². The predicted molar refractivity (Wildman–Crippen MR) is 89.2 cm³/mol. The van der Waals surface area contributed by atoms with Crippen molar-refractivity contribution in [3.8, 4) is 5.75 Å². The summed E-state index contributed by atoms with van der Waals surface area (Å²) < 4.78 is 18.5. The number of hydrogen-bond donors (Lipinski definition) is 2. The van der Waals surface area contributed by atoms with Crippen LogP contribution in [0.15, 0.2) is 48.5 Å². The van der Waals surface area contributed by atoms with Gasteiger partial charge in [-0.15, -0.1) is 0 Å². The third kappa shape index (κ3) is 3.60. The molecular weight excluding hydrogens is 311 g/mol. The van der Waals surface area contributed by atoms with Crippen molar-refractivity contribution >= 4 is 29.3 Å². The molecule has 0 aromatic heterocycles. The van der Waals surface area contributed by atoms with Crippen molar-refractivity contribution in [2.45, 2.75) is 13.0 Å². The van der Waals surface area contributed by atoms with Crippen molar-refractivity contribution in [2.75, 3.05) is 10.6 Å². The number of anilines is 2. The first-order valence-electron chi connectivity index (χ1n) is 7.37. The summed E-state index contributed by atoms with van der Waals surface area (Å²) in [4.78, 5) is 23.6. The van der Waals surface area contributed by atoms with E-state index in [2.05, 4.69) is 10.6 Å². The van der Waals surface area contributed by atoms with Gasteiger partial charge in [-0.1, -0.05) is 12.1 Å². The summed E-state index contributed by atoms with van der Waals surface area (Å²) >= 11 is 0. The lowest BCUT2D eigenvalue weighted by molar-refractivity contribution is -0.122. The summed E-state index contributed by atoms with van der Waals surface area (Å²) in [6.07, 6.45) is 2.28. The average Bonchev–Trinajstić information content (AvgIpc) is 2.54. The first-order chi connectivity index (χ1) is 11.5. The van der Waals surface area contributed by atoms with E-state index < -0.39 is 6.10 Å². The van der Waals surface area contributed by atoms with Crippen LogP contribution in [0.5, 0.6) is 5.75 Å². The zero-order chi connectivity index (χ0) is 17.1. The van der Waals surface area contributed by atoms with Gasteiger partial charge in [-0.3, -0.25) is 9.59 Å². The molecule has 2 N–H and O–H groups in total. The fraction of sp³-hybridized carbons (Fsp3) is 0.111. The maximum Gasteiger partial charge on any atom is 0.265 e. The second kappa shape index (κ2) is 6.54. The van der Waals surface area contributed by atoms with E-state index >= 15 is 0 Å². The van der Waals surface area contributed by atoms with Gasteiger partial charge in [0, 0.05) is 11.8 Å². The number of halogens is 1. The van der Waals surface area contributed by atoms with E-state index in [4.69, 9.17) is 4.74 Å². The molecule has 6 heteroatoms. The van der Waals surface area contributed by atoms with Gasteiger partial charge in [-0.2, -0.15) is 0 Å². The van der Waals surface area contributed by atoms with Crippen LogP contribution in [0.25, 0.3) is 6.08 Å². The van der Waals surface area contributed by atoms with Crippen LogP contribution in [0, 0.1) is 5.82 Å². The monoisotopic (exact) mass is 326 g/mol. The Hall–Kier alpha value is -3.15. The predicted octanol–water partition coefficient (Wildman–Crippen LogP) is 3.20. The van der Waals surface area contributed by atoms with Gasteiger partial charge in [0.1, 0.15) is 11.6 Å². The molecule has 0 radical (unpaired) electrons. The highest BCUT2D eigenvalue weighted by Crippen LogP contribution is 2.32. The molecule has 0 saturated heterocycles. The van der Waals surface area contributed by atoms with Crippen LogP contribution in [0.3, 0.4) is 0 Å². The molecule has 0 saturated carbocycles. The van der Waals surface area contributed by atoms with Crippen LogP contribution < -0.4 is 15.4 Å². The molecule has 1 aliphatic heterocycles. The van der Waals surface area contributed by atoms with E-state index in [9.17, 15) is 14.0 Å². The van der Waals surface area contributed by atoms with Crippen molar-refractivity contribution in [3.63, 3.8) is 0 Å². The zero-order valence-corrected chi connectivity index (χ0v) is 12.9. The maximum atomic E-state index is 13.1. The molecule has 1 atom stereocenters. The number of ether oxygens (including phenoxy) is 1. The standard InChI is InChI=1S/C18H15FN2O3/c1-11-18(23)21-15-10-14(6-7-16(15)24-11)20-17(22)8-5-12-3-2-4-13(19)9-12/h2-11H,1H3,(H,20,22)(H,21,23). The molecule has 122 valence electrons. The van der Waals surface area contributed by atoms with Crippen molar-refractivity contribution in [1.82, 2.24) is 0 Å². The molecule has 5 nitrogen and oxygen atoms in total. The molecule has 0 bridgehead atoms. The second-order valence-electron chi connectivity index (χ2n) is 5.34.